The molecule has 0 saturated heterocycles. The summed E-state index contributed by atoms with van der Waals surface area (Å²) < 4.78 is 18.5. The first kappa shape index (κ1) is 21.0. The van der Waals surface area contributed by atoms with Gasteiger partial charge < -0.3 is 14.8 Å². The van der Waals surface area contributed by atoms with Crippen molar-refractivity contribution in [3.05, 3.63) is 93.9 Å². The summed E-state index contributed by atoms with van der Waals surface area (Å²) in [6.07, 6.45) is 1.58. The number of H-pyrrole nitrogens is 1. The van der Waals surface area contributed by atoms with E-state index in [9.17, 15) is 19.6 Å². The van der Waals surface area contributed by atoms with Gasteiger partial charge in [0.1, 0.15) is 24.1 Å². The largest absolute Gasteiger partial charge is 0.507 e. The number of para-hydroxylation sites is 2. The first-order valence-corrected chi connectivity index (χ1v) is 10.4. The van der Waals surface area contributed by atoms with Gasteiger partial charge in [-0.05, 0) is 47.4 Å². The van der Waals surface area contributed by atoms with Gasteiger partial charge in [0.2, 0.25) is 0 Å². The molecule has 0 aliphatic heterocycles. The lowest BCUT2D eigenvalue weighted by molar-refractivity contribution is -0.136. The zero-order valence-corrected chi connectivity index (χ0v) is 17.4. The van der Waals surface area contributed by atoms with Crippen LogP contribution in [0.25, 0.3) is 28.3 Å². The van der Waals surface area contributed by atoms with Gasteiger partial charge in [0.05, 0.1) is 16.6 Å². The molecule has 32 heavy (non-hydrogen) atoms. The summed E-state index contributed by atoms with van der Waals surface area (Å²) >= 11 is 1.34. The van der Waals surface area contributed by atoms with Gasteiger partial charge in [-0.25, -0.2) is 14.2 Å². The summed E-state index contributed by atoms with van der Waals surface area (Å²) in [6, 6.07) is 18.3. The second-order valence-electron chi connectivity index (χ2n) is 6.70. The maximum Gasteiger partial charge on any atom is 0.340 e. The number of aliphatic hydroxyl groups excluding tert-OH is 1. The average molecular weight is 445 g/mol. The fourth-order valence-corrected chi connectivity index (χ4v) is 3.73. The summed E-state index contributed by atoms with van der Waals surface area (Å²) in [7, 11) is 0. The number of halogens is 1. The van der Waals surface area contributed by atoms with Crippen molar-refractivity contribution in [3.8, 4) is 6.07 Å². The highest BCUT2D eigenvalue weighted by Crippen LogP contribution is 2.25. The van der Waals surface area contributed by atoms with E-state index in [0.717, 1.165) is 0 Å². The van der Waals surface area contributed by atoms with E-state index in [1.165, 1.54) is 23.5 Å². The molecule has 8 heteroatoms. The van der Waals surface area contributed by atoms with Crippen LogP contribution in [0.3, 0.4) is 0 Å². The van der Waals surface area contributed by atoms with Crippen LogP contribution >= 0.6 is 11.3 Å². The number of carbonyl (C=O) groups is 1. The normalized spacial score (nSPS) is 12.3. The monoisotopic (exact) mass is 445 g/mol. The molecule has 0 unspecified atom stereocenters. The highest BCUT2D eigenvalue weighted by Gasteiger charge is 2.18. The summed E-state index contributed by atoms with van der Waals surface area (Å²) in [5.74, 6) is -1.31. The molecule has 0 bridgehead atoms. The molecular weight excluding hydrogens is 429 g/mol. The molecular formula is C24H16FN3O3S. The Morgan fingerprint density at radius 1 is 1.19 bits per heavy atom. The van der Waals surface area contributed by atoms with Crippen LogP contribution in [0.4, 0.5) is 4.39 Å². The number of thiophene rings is 1. The number of allylic oxidation sites excluding steroid dienone is 1. The number of aromatic nitrogens is 2. The zero-order chi connectivity index (χ0) is 22.5. The van der Waals surface area contributed by atoms with Crippen molar-refractivity contribution in [1.82, 2.24) is 9.97 Å². The first-order valence-electron chi connectivity index (χ1n) is 9.51. The lowest BCUT2D eigenvalue weighted by Gasteiger charge is -2.08. The molecule has 0 spiro atoms. The Kier molecular flexibility index (Phi) is 6.10. The van der Waals surface area contributed by atoms with E-state index in [0.29, 0.717) is 21.5 Å². The number of rotatable bonds is 6. The van der Waals surface area contributed by atoms with Gasteiger partial charge >= 0.3 is 5.97 Å². The number of benzene rings is 2. The number of aliphatic hydroxyl groups is 1. The fraction of sp³-hybridized carbons (Fsp3) is 0.0417. The number of imidazole rings is 1. The van der Waals surface area contributed by atoms with Crippen LogP contribution in [-0.2, 0) is 9.53 Å². The van der Waals surface area contributed by atoms with Crippen molar-refractivity contribution in [2.45, 2.75) is 0 Å². The molecule has 158 valence electrons. The van der Waals surface area contributed by atoms with E-state index in [1.807, 2.05) is 23.6 Å². The summed E-state index contributed by atoms with van der Waals surface area (Å²) in [5, 5.41) is 21.8. The van der Waals surface area contributed by atoms with E-state index in [1.54, 1.807) is 42.5 Å². The van der Waals surface area contributed by atoms with Gasteiger partial charge in [0.25, 0.3) is 0 Å². The molecule has 2 heterocycles. The standard InChI is InChI=1S/C24H16FN3O3S/c25-16-9-7-15(8-10-16)12-17(22-6-3-11-32-22)24(30)31-14-21(29)18(13-26)23-27-19-4-1-2-5-20(19)28-23/h1-12,29H,14H2,(H,27,28). The lowest BCUT2D eigenvalue weighted by Crippen LogP contribution is -2.10. The Hall–Kier alpha value is -4.22. The number of nitrogens with one attached hydrogen (secondary N) is 1. The molecule has 2 N–H and O–H groups in total. The fourth-order valence-electron chi connectivity index (χ4n) is 3.00. The number of fused-ring (bicyclic) bond motifs is 1. The van der Waals surface area contributed by atoms with Crippen LogP contribution in [-0.4, -0.2) is 27.7 Å². The molecule has 0 radical (unpaired) electrons. The lowest BCUT2D eigenvalue weighted by atomic mass is 10.1. The Balaban J connectivity index is 1.58. The molecule has 6 nitrogen and oxygen atoms in total. The number of hydrogen-bond donors (Lipinski definition) is 2. The number of carbonyl (C=O) groups excluding carboxylic acids is 1. The molecule has 0 aliphatic rings. The summed E-state index contributed by atoms with van der Waals surface area (Å²) in [5.41, 5.74) is 2.10. The molecule has 0 atom stereocenters. The number of nitrogens with zero attached hydrogens (tertiary/aromatic N) is 2. The Morgan fingerprint density at radius 2 is 1.97 bits per heavy atom. The van der Waals surface area contributed by atoms with E-state index < -0.39 is 18.3 Å². The Bertz CT molecular complexity index is 1330. The SMILES string of the molecule is N#CC(=C(O)COC(=O)C(=Cc1ccc(F)cc1)c1cccs1)c1nc2ccccc2[nH]1. The number of hydrogen-bond acceptors (Lipinski definition) is 6. The van der Waals surface area contributed by atoms with Gasteiger partial charge in [-0.1, -0.05) is 30.3 Å². The first-order chi connectivity index (χ1) is 15.5. The van der Waals surface area contributed by atoms with Gasteiger partial charge in [0.15, 0.2) is 11.6 Å². The van der Waals surface area contributed by atoms with Crippen molar-refractivity contribution in [1.29, 1.82) is 5.26 Å². The number of aromatic amines is 1. The number of nitriles is 1. The minimum atomic E-state index is -0.690. The van der Waals surface area contributed by atoms with Gasteiger partial charge in [0, 0.05) is 4.88 Å². The highest BCUT2D eigenvalue weighted by atomic mass is 32.1. The molecule has 4 rings (SSSR count). The average Bonchev–Trinajstić information content (AvgIpc) is 3.47. The number of esters is 1. The predicted octanol–water partition coefficient (Wildman–Crippen LogP) is 5.34. The Morgan fingerprint density at radius 3 is 2.66 bits per heavy atom. The molecule has 0 fully saturated rings. The summed E-state index contributed by atoms with van der Waals surface area (Å²) in [6.45, 7) is -0.509. The van der Waals surface area contributed by atoms with Crippen molar-refractivity contribution >= 4 is 45.6 Å². The number of ether oxygens (including phenoxy) is 1. The van der Waals surface area contributed by atoms with Crippen LogP contribution in [0, 0.1) is 17.1 Å². The third-order valence-electron chi connectivity index (χ3n) is 4.55. The predicted molar refractivity (Wildman–Crippen MR) is 121 cm³/mol. The second-order valence-corrected chi connectivity index (χ2v) is 7.65. The topological polar surface area (TPSA) is 99.0 Å². The molecule has 4 aromatic rings. The maximum atomic E-state index is 13.2. The highest BCUT2D eigenvalue weighted by molar-refractivity contribution is 7.11. The smallest absolute Gasteiger partial charge is 0.340 e. The van der Waals surface area contributed by atoms with E-state index in [2.05, 4.69) is 9.97 Å². The van der Waals surface area contributed by atoms with Crippen LogP contribution < -0.4 is 0 Å². The quantitative estimate of drug-likeness (QED) is 0.181. The minimum Gasteiger partial charge on any atom is -0.507 e. The van der Waals surface area contributed by atoms with Gasteiger partial charge in [-0.2, -0.15) is 5.26 Å². The third-order valence-corrected chi connectivity index (χ3v) is 5.46. The molecule has 2 aromatic heterocycles. The van der Waals surface area contributed by atoms with Crippen LogP contribution in [0.15, 0.2) is 71.8 Å². The summed E-state index contributed by atoms with van der Waals surface area (Å²) in [4.78, 5) is 20.7. The minimum absolute atomic E-state index is 0.116. The Labute approximate surface area is 186 Å². The molecule has 2 aromatic carbocycles. The van der Waals surface area contributed by atoms with E-state index >= 15 is 0 Å². The van der Waals surface area contributed by atoms with Crippen LogP contribution in [0.5, 0.6) is 0 Å². The van der Waals surface area contributed by atoms with Crippen LogP contribution in [0.2, 0.25) is 0 Å². The van der Waals surface area contributed by atoms with Gasteiger partial charge in [-0.3, -0.25) is 0 Å². The van der Waals surface area contributed by atoms with Crippen molar-refractivity contribution in [2.24, 2.45) is 0 Å². The van der Waals surface area contributed by atoms with Gasteiger partial charge in [-0.15, -0.1) is 11.3 Å². The maximum absolute atomic E-state index is 13.2. The molecule has 0 saturated carbocycles. The van der Waals surface area contributed by atoms with Crippen molar-refractivity contribution < 1.29 is 19.0 Å². The molecule has 0 aliphatic carbocycles. The van der Waals surface area contributed by atoms with Crippen LogP contribution in [0.1, 0.15) is 16.3 Å². The van der Waals surface area contributed by atoms with Crippen molar-refractivity contribution in [2.75, 3.05) is 6.61 Å². The second kappa shape index (κ2) is 9.29. The molecule has 0 amide bonds. The third kappa shape index (κ3) is 4.58. The zero-order valence-electron chi connectivity index (χ0n) is 16.6. The van der Waals surface area contributed by atoms with Crippen molar-refractivity contribution in [3.63, 3.8) is 0 Å². The van der Waals surface area contributed by atoms with E-state index in [4.69, 9.17) is 4.74 Å². The van der Waals surface area contributed by atoms with E-state index in [-0.39, 0.29) is 22.8 Å².